The molecule has 0 saturated carbocycles. The summed E-state index contributed by atoms with van der Waals surface area (Å²) in [5.74, 6) is -0.943. The maximum atomic E-state index is 12.0. The van der Waals surface area contributed by atoms with Gasteiger partial charge < -0.3 is 15.0 Å². The summed E-state index contributed by atoms with van der Waals surface area (Å²) in [6, 6.07) is 5.60. The van der Waals surface area contributed by atoms with E-state index in [1.165, 1.54) is 0 Å². The lowest BCUT2D eigenvalue weighted by atomic mass is 9.90. The van der Waals surface area contributed by atoms with E-state index in [9.17, 15) is 14.4 Å². The number of halogens is 1. The summed E-state index contributed by atoms with van der Waals surface area (Å²) in [5.41, 5.74) is 1.14. The number of alkyl carbamates (subject to hydrolysis) is 1. The Morgan fingerprint density at radius 3 is 2.59 bits per heavy atom. The fourth-order valence-corrected chi connectivity index (χ4v) is 3.55. The van der Waals surface area contributed by atoms with Gasteiger partial charge in [0.2, 0.25) is 11.8 Å². The Kier molecular flexibility index (Phi) is 5.33. The van der Waals surface area contributed by atoms with Gasteiger partial charge in [0.25, 0.3) is 0 Å². The highest BCUT2D eigenvalue weighted by Gasteiger charge is 2.32. The number of rotatable bonds is 3. The van der Waals surface area contributed by atoms with Crippen molar-refractivity contribution < 1.29 is 19.1 Å². The van der Waals surface area contributed by atoms with Crippen LogP contribution in [0.3, 0.4) is 0 Å². The van der Waals surface area contributed by atoms with Crippen LogP contribution in [0, 0.1) is 0 Å². The van der Waals surface area contributed by atoms with Gasteiger partial charge in [-0.15, -0.1) is 0 Å². The second-order valence-corrected chi connectivity index (χ2v) is 8.36. The Balaban J connectivity index is 1.57. The molecule has 1 aromatic carbocycles. The van der Waals surface area contributed by atoms with Crippen molar-refractivity contribution in [3.05, 3.63) is 28.8 Å². The molecule has 0 spiro atoms. The Labute approximate surface area is 163 Å². The fourth-order valence-electron chi connectivity index (χ4n) is 3.24. The van der Waals surface area contributed by atoms with Crippen LogP contribution >= 0.6 is 11.6 Å². The van der Waals surface area contributed by atoms with E-state index in [1.54, 1.807) is 0 Å². The standard InChI is InChI=1S/C19H24ClN3O4/c1-19(2,3)27-18(26)21-11-9-23(10-11)12-4-5-13(15(20)8-12)14-6-7-16(24)22-17(14)25/h4-5,8,11,14H,6-7,9-10H2,1-3H3,(H,21,26)(H,22,24,25). The maximum Gasteiger partial charge on any atom is 0.407 e. The van der Waals surface area contributed by atoms with E-state index in [-0.39, 0.29) is 17.9 Å². The highest BCUT2D eigenvalue weighted by molar-refractivity contribution is 6.32. The van der Waals surface area contributed by atoms with Gasteiger partial charge in [0.05, 0.1) is 12.0 Å². The third-order valence-corrected chi connectivity index (χ3v) is 4.89. The lowest BCUT2D eigenvalue weighted by Gasteiger charge is -2.41. The van der Waals surface area contributed by atoms with Gasteiger partial charge in [0, 0.05) is 30.2 Å². The van der Waals surface area contributed by atoms with E-state index < -0.39 is 17.6 Å². The number of amides is 3. The molecule has 7 nitrogen and oxygen atoms in total. The van der Waals surface area contributed by atoms with E-state index in [2.05, 4.69) is 15.5 Å². The minimum absolute atomic E-state index is 0.0217. The molecule has 1 atom stereocenters. The molecule has 0 aromatic heterocycles. The Hall–Kier alpha value is -2.28. The number of nitrogens with one attached hydrogen (secondary N) is 2. The highest BCUT2D eigenvalue weighted by atomic mass is 35.5. The van der Waals surface area contributed by atoms with Gasteiger partial charge in [-0.05, 0) is 44.9 Å². The number of imide groups is 1. The molecule has 2 fully saturated rings. The molecule has 2 aliphatic heterocycles. The first-order valence-electron chi connectivity index (χ1n) is 9.00. The SMILES string of the molecule is CC(C)(C)OC(=O)NC1CN(c2ccc(C3CCC(=O)NC3=O)c(Cl)c2)C1. The second-order valence-electron chi connectivity index (χ2n) is 7.96. The topological polar surface area (TPSA) is 87.7 Å². The molecule has 1 aromatic rings. The van der Waals surface area contributed by atoms with Gasteiger partial charge in [0.15, 0.2) is 0 Å². The molecule has 2 N–H and O–H groups in total. The minimum atomic E-state index is -0.521. The first-order valence-corrected chi connectivity index (χ1v) is 9.38. The second kappa shape index (κ2) is 7.38. The monoisotopic (exact) mass is 393 g/mol. The quantitative estimate of drug-likeness (QED) is 0.770. The summed E-state index contributed by atoms with van der Waals surface area (Å²) in [6.07, 6.45) is 0.368. The molecule has 2 saturated heterocycles. The average molecular weight is 394 g/mol. The van der Waals surface area contributed by atoms with Crippen molar-refractivity contribution >= 4 is 35.2 Å². The average Bonchev–Trinajstić information content (AvgIpc) is 2.49. The smallest absolute Gasteiger partial charge is 0.407 e. The largest absolute Gasteiger partial charge is 0.444 e. The summed E-state index contributed by atoms with van der Waals surface area (Å²) in [6.45, 7) is 6.80. The molecule has 0 bridgehead atoms. The zero-order valence-electron chi connectivity index (χ0n) is 15.7. The molecule has 0 aliphatic carbocycles. The predicted octanol–water partition coefficient (Wildman–Crippen LogP) is 2.57. The summed E-state index contributed by atoms with van der Waals surface area (Å²) < 4.78 is 5.25. The van der Waals surface area contributed by atoms with Crippen molar-refractivity contribution in [1.29, 1.82) is 0 Å². The van der Waals surface area contributed by atoms with Crippen LogP contribution in [0.25, 0.3) is 0 Å². The number of benzene rings is 1. The molecular weight excluding hydrogens is 370 g/mol. The molecule has 0 radical (unpaired) electrons. The molecular formula is C19H24ClN3O4. The van der Waals surface area contributed by atoms with E-state index in [1.807, 2.05) is 39.0 Å². The molecule has 27 heavy (non-hydrogen) atoms. The van der Waals surface area contributed by atoms with Crippen molar-refractivity contribution in [2.75, 3.05) is 18.0 Å². The van der Waals surface area contributed by atoms with Gasteiger partial charge >= 0.3 is 6.09 Å². The molecule has 146 valence electrons. The Bertz CT molecular complexity index is 769. The molecule has 2 aliphatic rings. The third-order valence-electron chi connectivity index (χ3n) is 4.57. The van der Waals surface area contributed by atoms with E-state index >= 15 is 0 Å². The zero-order valence-corrected chi connectivity index (χ0v) is 16.4. The number of ether oxygens (including phenoxy) is 1. The van der Waals surface area contributed by atoms with Crippen LogP contribution in [0.2, 0.25) is 5.02 Å². The number of piperidine rings is 1. The van der Waals surface area contributed by atoms with E-state index in [0.29, 0.717) is 31.0 Å². The van der Waals surface area contributed by atoms with Gasteiger partial charge in [-0.3, -0.25) is 14.9 Å². The van der Waals surface area contributed by atoms with Crippen molar-refractivity contribution in [2.45, 2.75) is 51.2 Å². The van der Waals surface area contributed by atoms with Crippen LogP contribution in [0.1, 0.15) is 45.1 Å². The molecule has 8 heteroatoms. The van der Waals surface area contributed by atoms with Crippen LogP contribution in [-0.4, -0.2) is 42.6 Å². The Morgan fingerprint density at radius 2 is 2.00 bits per heavy atom. The summed E-state index contributed by atoms with van der Waals surface area (Å²) >= 11 is 6.40. The van der Waals surface area contributed by atoms with Gasteiger partial charge in [0.1, 0.15) is 5.60 Å². The summed E-state index contributed by atoms with van der Waals surface area (Å²) in [4.78, 5) is 37.2. The summed E-state index contributed by atoms with van der Waals surface area (Å²) in [7, 11) is 0. The number of hydrogen-bond donors (Lipinski definition) is 2. The van der Waals surface area contributed by atoms with Crippen LogP contribution < -0.4 is 15.5 Å². The zero-order chi connectivity index (χ0) is 19.8. The fraction of sp³-hybridized carbons (Fsp3) is 0.526. The predicted molar refractivity (Wildman–Crippen MR) is 102 cm³/mol. The lowest BCUT2D eigenvalue weighted by molar-refractivity contribution is -0.134. The van der Waals surface area contributed by atoms with Crippen molar-refractivity contribution in [2.24, 2.45) is 0 Å². The first kappa shape index (κ1) is 19.5. The van der Waals surface area contributed by atoms with Crippen LogP contribution in [-0.2, 0) is 14.3 Å². The summed E-state index contributed by atoms with van der Waals surface area (Å²) in [5, 5.41) is 5.70. The third kappa shape index (κ3) is 4.71. The van der Waals surface area contributed by atoms with Crippen molar-refractivity contribution in [1.82, 2.24) is 10.6 Å². The number of carbonyl (C=O) groups excluding carboxylic acids is 3. The van der Waals surface area contributed by atoms with E-state index in [0.717, 1.165) is 11.3 Å². The minimum Gasteiger partial charge on any atom is -0.444 e. The van der Waals surface area contributed by atoms with Crippen LogP contribution in [0.5, 0.6) is 0 Å². The molecule has 3 amide bonds. The molecule has 3 rings (SSSR count). The lowest BCUT2D eigenvalue weighted by Crippen LogP contribution is -2.60. The molecule has 1 unspecified atom stereocenters. The normalized spacial score (nSPS) is 20.7. The van der Waals surface area contributed by atoms with E-state index in [4.69, 9.17) is 16.3 Å². The van der Waals surface area contributed by atoms with Gasteiger partial charge in [-0.2, -0.15) is 0 Å². The first-order chi connectivity index (χ1) is 12.6. The van der Waals surface area contributed by atoms with Gasteiger partial charge in [-0.25, -0.2) is 4.79 Å². The number of carbonyl (C=O) groups is 3. The highest BCUT2D eigenvalue weighted by Crippen LogP contribution is 2.34. The number of hydrogen-bond acceptors (Lipinski definition) is 5. The van der Waals surface area contributed by atoms with Gasteiger partial charge in [-0.1, -0.05) is 17.7 Å². The van der Waals surface area contributed by atoms with Crippen LogP contribution in [0.15, 0.2) is 18.2 Å². The Morgan fingerprint density at radius 1 is 1.30 bits per heavy atom. The maximum absolute atomic E-state index is 12.0. The van der Waals surface area contributed by atoms with Crippen molar-refractivity contribution in [3.63, 3.8) is 0 Å². The molecule has 2 heterocycles. The van der Waals surface area contributed by atoms with Crippen molar-refractivity contribution in [3.8, 4) is 0 Å². The van der Waals surface area contributed by atoms with Crippen LogP contribution in [0.4, 0.5) is 10.5 Å². The number of nitrogens with zero attached hydrogens (tertiary/aromatic N) is 1. The number of anilines is 1.